The van der Waals surface area contributed by atoms with Crippen molar-refractivity contribution in [3.05, 3.63) is 88.2 Å². The van der Waals surface area contributed by atoms with E-state index in [1.807, 2.05) is 53.4 Å². The van der Waals surface area contributed by atoms with Crippen LogP contribution < -0.4 is 4.74 Å². The molecule has 2 aliphatic rings. The predicted octanol–water partition coefficient (Wildman–Crippen LogP) is 5.84. The fourth-order valence-electron chi connectivity index (χ4n) is 4.72. The van der Waals surface area contributed by atoms with Crippen molar-refractivity contribution in [3.8, 4) is 16.9 Å². The van der Waals surface area contributed by atoms with Gasteiger partial charge in [-0.2, -0.15) is 0 Å². The maximum Gasteiger partial charge on any atom is 0.226 e. The van der Waals surface area contributed by atoms with Gasteiger partial charge in [0.15, 0.2) is 0 Å². The van der Waals surface area contributed by atoms with Crippen LogP contribution in [0.1, 0.15) is 29.0 Å². The van der Waals surface area contributed by atoms with Crippen molar-refractivity contribution in [3.63, 3.8) is 0 Å². The van der Waals surface area contributed by atoms with E-state index in [2.05, 4.69) is 0 Å². The molecule has 0 saturated heterocycles. The average molecular weight is 436 g/mol. The molecule has 158 valence electrons. The molecular weight excluding hydrogens is 413 g/mol. The van der Waals surface area contributed by atoms with Crippen molar-refractivity contribution >= 4 is 17.5 Å². The summed E-state index contributed by atoms with van der Waals surface area (Å²) < 4.78 is 20.2. The van der Waals surface area contributed by atoms with Crippen LogP contribution >= 0.6 is 11.6 Å². The van der Waals surface area contributed by atoms with Gasteiger partial charge in [0, 0.05) is 29.6 Å². The summed E-state index contributed by atoms with van der Waals surface area (Å²) in [5, 5.41) is 0.700. The molecule has 5 heteroatoms. The number of carbonyl (C=O) groups excluding carboxylic acids is 1. The van der Waals surface area contributed by atoms with Gasteiger partial charge in [0.05, 0.1) is 7.11 Å². The molecule has 0 radical (unpaired) electrons. The molecule has 0 spiro atoms. The number of hydrogen-bond acceptors (Lipinski definition) is 2. The summed E-state index contributed by atoms with van der Waals surface area (Å²) in [4.78, 5) is 15.1. The Balaban J connectivity index is 1.42. The monoisotopic (exact) mass is 435 g/mol. The Morgan fingerprint density at radius 3 is 2.58 bits per heavy atom. The summed E-state index contributed by atoms with van der Waals surface area (Å²) in [7, 11) is 1.63. The second-order valence-electron chi connectivity index (χ2n) is 8.26. The third kappa shape index (κ3) is 3.70. The van der Waals surface area contributed by atoms with Crippen molar-refractivity contribution in [1.29, 1.82) is 0 Å². The van der Waals surface area contributed by atoms with E-state index in [1.54, 1.807) is 13.2 Å². The number of rotatable bonds is 4. The van der Waals surface area contributed by atoms with Gasteiger partial charge in [-0.15, -0.1) is 0 Å². The molecule has 0 N–H and O–H groups in total. The first kappa shape index (κ1) is 20.1. The van der Waals surface area contributed by atoms with Crippen LogP contribution in [0.15, 0.2) is 60.7 Å². The lowest BCUT2D eigenvalue weighted by Crippen LogP contribution is -2.37. The van der Waals surface area contributed by atoms with E-state index in [4.69, 9.17) is 16.3 Å². The number of methoxy groups -OCH3 is 1. The van der Waals surface area contributed by atoms with Crippen LogP contribution in [0.2, 0.25) is 5.02 Å². The maximum atomic E-state index is 14.6. The van der Waals surface area contributed by atoms with Crippen molar-refractivity contribution in [2.45, 2.75) is 25.3 Å². The second kappa shape index (κ2) is 8.01. The molecule has 0 aromatic heterocycles. The van der Waals surface area contributed by atoms with Gasteiger partial charge in [-0.25, -0.2) is 4.39 Å². The number of hydrogen-bond donors (Lipinski definition) is 0. The number of halogens is 2. The molecule has 1 aliphatic carbocycles. The molecule has 3 aromatic carbocycles. The average Bonchev–Trinajstić information content (AvgIpc) is 3.60. The Bertz CT molecular complexity index is 1140. The highest BCUT2D eigenvalue weighted by molar-refractivity contribution is 6.30. The molecule has 2 atom stereocenters. The molecular formula is C26H23ClFNO2. The van der Waals surface area contributed by atoms with Gasteiger partial charge in [0.1, 0.15) is 11.6 Å². The smallest absolute Gasteiger partial charge is 0.226 e. The zero-order valence-corrected chi connectivity index (χ0v) is 18.0. The summed E-state index contributed by atoms with van der Waals surface area (Å²) >= 11 is 5.99. The number of fused-ring (bicyclic) bond motifs is 1. The minimum Gasteiger partial charge on any atom is -0.496 e. The molecule has 1 heterocycles. The van der Waals surface area contributed by atoms with Gasteiger partial charge in [-0.05, 0) is 65.3 Å². The van der Waals surface area contributed by atoms with Crippen molar-refractivity contribution < 1.29 is 13.9 Å². The van der Waals surface area contributed by atoms with E-state index in [0.717, 1.165) is 34.4 Å². The van der Waals surface area contributed by atoms with E-state index in [1.165, 1.54) is 6.07 Å². The third-order valence-electron chi connectivity index (χ3n) is 6.47. The summed E-state index contributed by atoms with van der Waals surface area (Å²) in [6.45, 7) is 0.963. The number of ether oxygens (including phenoxy) is 1. The first-order chi connectivity index (χ1) is 15.1. The standard InChI is InChI=1S/C26H23ClFNO2/c1-31-25-5-3-2-4-20(25)18-10-11-24(28)19-12-13-29(15-23(18)19)26(30)22-14-21(22)16-6-8-17(27)9-7-16/h2-11,21-22H,12-15H2,1H3/t21-,22+/m0/s1. The van der Waals surface area contributed by atoms with Crippen LogP contribution in [-0.4, -0.2) is 24.5 Å². The minimum atomic E-state index is -0.203. The summed E-state index contributed by atoms with van der Waals surface area (Å²) in [5.41, 5.74) is 4.59. The molecule has 3 nitrogen and oxygen atoms in total. The number of benzene rings is 3. The molecule has 0 unspecified atom stereocenters. The highest BCUT2D eigenvalue weighted by Gasteiger charge is 2.46. The topological polar surface area (TPSA) is 29.5 Å². The van der Waals surface area contributed by atoms with Crippen molar-refractivity contribution in [2.75, 3.05) is 13.7 Å². The van der Waals surface area contributed by atoms with Crippen LogP contribution in [0, 0.1) is 11.7 Å². The zero-order chi connectivity index (χ0) is 21.5. The lowest BCUT2D eigenvalue weighted by atomic mass is 9.90. The Hall–Kier alpha value is -2.85. The van der Waals surface area contributed by atoms with Crippen LogP contribution in [0.4, 0.5) is 4.39 Å². The zero-order valence-electron chi connectivity index (χ0n) is 17.3. The van der Waals surface area contributed by atoms with E-state index < -0.39 is 0 Å². The first-order valence-corrected chi connectivity index (χ1v) is 10.9. The SMILES string of the molecule is COc1ccccc1-c1ccc(F)c2c1CN(C(=O)[C@@H]1C[C@H]1c1ccc(Cl)cc1)CC2. The van der Waals surface area contributed by atoms with Crippen LogP contribution in [-0.2, 0) is 17.8 Å². The van der Waals surface area contributed by atoms with Crippen LogP contribution in [0.25, 0.3) is 11.1 Å². The van der Waals surface area contributed by atoms with Crippen molar-refractivity contribution in [2.24, 2.45) is 5.92 Å². The summed E-state index contributed by atoms with van der Waals surface area (Å²) in [6, 6.07) is 18.8. The third-order valence-corrected chi connectivity index (χ3v) is 6.72. The van der Waals surface area contributed by atoms with E-state index in [0.29, 0.717) is 30.1 Å². The highest BCUT2D eigenvalue weighted by Crippen LogP contribution is 2.49. The van der Waals surface area contributed by atoms with E-state index in [-0.39, 0.29) is 23.6 Å². The Morgan fingerprint density at radius 2 is 1.81 bits per heavy atom. The van der Waals surface area contributed by atoms with E-state index >= 15 is 0 Å². The van der Waals surface area contributed by atoms with Gasteiger partial charge in [0.25, 0.3) is 0 Å². The molecule has 1 fully saturated rings. The largest absolute Gasteiger partial charge is 0.496 e. The summed E-state index contributed by atoms with van der Waals surface area (Å²) in [5.74, 6) is 0.926. The van der Waals surface area contributed by atoms with Crippen LogP contribution in [0.5, 0.6) is 5.75 Å². The Labute approximate surface area is 186 Å². The second-order valence-corrected chi connectivity index (χ2v) is 8.70. The van der Waals surface area contributed by atoms with Crippen molar-refractivity contribution in [1.82, 2.24) is 4.90 Å². The van der Waals surface area contributed by atoms with Gasteiger partial charge in [-0.3, -0.25) is 4.79 Å². The lowest BCUT2D eigenvalue weighted by Gasteiger charge is -2.31. The Morgan fingerprint density at radius 1 is 1.03 bits per heavy atom. The Kier molecular flexibility index (Phi) is 5.19. The van der Waals surface area contributed by atoms with Gasteiger partial charge >= 0.3 is 0 Å². The molecule has 31 heavy (non-hydrogen) atoms. The quantitative estimate of drug-likeness (QED) is 0.515. The van der Waals surface area contributed by atoms with Crippen LogP contribution in [0.3, 0.4) is 0 Å². The number of para-hydroxylation sites is 1. The normalized spacial score (nSPS) is 19.6. The molecule has 3 aromatic rings. The summed E-state index contributed by atoms with van der Waals surface area (Å²) in [6.07, 6.45) is 1.38. The number of carbonyl (C=O) groups is 1. The maximum absolute atomic E-state index is 14.6. The molecule has 1 aliphatic heterocycles. The molecule has 5 rings (SSSR count). The fraction of sp³-hybridized carbons (Fsp3) is 0.269. The molecule has 0 bridgehead atoms. The van der Waals surface area contributed by atoms with E-state index in [9.17, 15) is 9.18 Å². The fourth-order valence-corrected chi connectivity index (χ4v) is 4.85. The molecule has 1 saturated carbocycles. The number of amides is 1. The highest BCUT2D eigenvalue weighted by atomic mass is 35.5. The van der Waals surface area contributed by atoms with Gasteiger partial charge in [0.2, 0.25) is 5.91 Å². The first-order valence-electron chi connectivity index (χ1n) is 10.5. The minimum absolute atomic E-state index is 0.00834. The number of nitrogens with zero attached hydrogens (tertiary/aromatic N) is 1. The predicted molar refractivity (Wildman–Crippen MR) is 120 cm³/mol. The van der Waals surface area contributed by atoms with Gasteiger partial charge in [-0.1, -0.05) is 48.0 Å². The lowest BCUT2D eigenvalue weighted by molar-refractivity contribution is -0.133. The van der Waals surface area contributed by atoms with Gasteiger partial charge < -0.3 is 9.64 Å². The molecule has 1 amide bonds.